The average Bonchev–Trinajstić information content (AvgIpc) is 2.84. The summed E-state index contributed by atoms with van der Waals surface area (Å²) in [7, 11) is 0. The van der Waals surface area contributed by atoms with E-state index < -0.39 is 0 Å². The first-order valence-electron chi connectivity index (χ1n) is 6.49. The fourth-order valence-electron chi connectivity index (χ4n) is 1.96. The molecule has 0 atom stereocenters. The lowest BCUT2D eigenvalue weighted by Crippen LogP contribution is -2.04. The summed E-state index contributed by atoms with van der Waals surface area (Å²) in [5.74, 6) is 1.30. The van der Waals surface area contributed by atoms with E-state index in [1.165, 1.54) is 4.68 Å². The molecule has 0 saturated carbocycles. The number of aryl methyl sites for hydroxylation is 2. The van der Waals surface area contributed by atoms with Gasteiger partial charge in [-0.1, -0.05) is 6.07 Å². The first kappa shape index (κ1) is 13.0. The van der Waals surface area contributed by atoms with Gasteiger partial charge in [-0.2, -0.15) is 9.67 Å². The molecule has 3 aromatic heterocycles. The van der Waals surface area contributed by atoms with E-state index >= 15 is 0 Å². The van der Waals surface area contributed by atoms with Gasteiger partial charge in [-0.15, -0.1) is 5.10 Å². The number of pyridine rings is 2. The first-order valence-corrected chi connectivity index (χ1v) is 6.49. The molecule has 0 amide bonds. The molecule has 0 bridgehead atoms. The Morgan fingerprint density at radius 1 is 1.10 bits per heavy atom. The van der Waals surface area contributed by atoms with E-state index in [-0.39, 0.29) is 5.95 Å². The molecular formula is C14H15N7. The summed E-state index contributed by atoms with van der Waals surface area (Å²) < 4.78 is 1.49. The van der Waals surface area contributed by atoms with Crippen LogP contribution in [-0.2, 0) is 0 Å². The van der Waals surface area contributed by atoms with Crippen molar-refractivity contribution in [2.75, 3.05) is 11.1 Å². The van der Waals surface area contributed by atoms with Gasteiger partial charge in [-0.05, 0) is 38.1 Å². The molecule has 7 heteroatoms. The highest BCUT2D eigenvalue weighted by Gasteiger charge is 2.10. The molecule has 3 N–H and O–H groups in total. The molecule has 21 heavy (non-hydrogen) atoms. The van der Waals surface area contributed by atoms with Gasteiger partial charge in [0.2, 0.25) is 11.9 Å². The smallest absolute Gasteiger partial charge is 0.248 e. The second-order valence-corrected chi connectivity index (χ2v) is 4.60. The molecule has 0 fully saturated rings. The van der Waals surface area contributed by atoms with Crippen molar-refractivity contribution < 1.29 is 0 Å². The second-order valence-electron chi connectivity index (χ2n) is 4.60. The topological polar surface area (TPSA) is 94.5 Å². The van der Waals surface area contributed by atoms with Crippen molar-refractivity contribution in [1.82, 2.24) is 24.7 Å². The number of nitrogens with one attached hydrogen (secondary N) is 1. The molecule has 0 aliphatic rings. The Bertz CT molecular complexity index is 764. The average molecular weight is 281 g/mol. The van der Waals surface area contributed by atoms with Crippen LogP contribution in [0.25, 0.3) is 5.82 Å². The van der Waals surface area contributed by atoms with E-state index in [4.69, 9.17) is 5.73 Å². The number of aromatic nitrogens is 5. The maximum atomic E-state index is 5.88. The Kier molecular flexibility index (Phi) is 3.23. The molecule has 3 heterocycles. The molecule has 0 aliphatic carbocycles. The Morgan fingerprint density at radius 2 is 1.95 bits per heavy atom. The molecule has 0 radical (unpaired) electrons. The van der Waals surface area contributed by atoms with E-state index in [9.17, 15) is 0 Å². The molecule has 0 aliphatic heterocycles. The number of nitrogen functional groups attached to an aromatic ring is 1. The first-order chi connectivity index (χ1) is 10.1. The zero-order valence-electron chi connectivity index (χ0n) is 11.8. The van der Waals surface area contributed by atoms with Crippen LogP contribution in [-0.4, -0.2) is 24.7 Å². The predicted octanol–water partition coefficient (Wildman–Crippen LogP) is 2.00. The van der Waals surface area contributed by atoms with Crippen LogP contribution < -0.4 is 11.1 Å². The van der Waals surface area contributed by atoms with Gasteiger partial charge in [0.25, 0.3) is 0 Å². The predicted molar refractivity (Wildman–Crippen MR) is 80.6 cm³/mol. The van der Waals surface area contributed by atoms with Gasteiger partial charge < -0.3 is 11.1 Å². The van der Waals surface area contributed by atoms with E-state index in [1.807, 2.05) is 44.2 Å². The molecule has 0 aromatic carbocycles. The summed E-state index contributed by atoms with van der Waals surface area (Å²) in [4.78, 5) is 12.8. The summed E-state index contributed by atoms with van der Waals surface area (Å²) in [6.07, 6.45) is 1.68. The molecule has 0 spiro atoms. The van der Waals surface area contributed by atoms with Gasteiger partial charge >= 0.3 is 0 Å². The lowest BCUT2D eigenvalue weighted by molar-refractivity contribution is 0.859. The molecular weight excluding hydrogens is 266 g/mol. The summed E-state index contributed by atoms with van der Waals surface area (Å²) in [5.41, 5.74) is 8.57. The highest BCUT2D eigenvalue weighted by atomic mass is 15.4. The molecule has 106 valence electrons. The van der Waals surface area contributed by atoms with Gasteiger partial charge in [0.05, 0.1) is 11.4 Å². The van der Waals surface area contributed by atoms with Crippen molar-refractivity contribution in [3.63, 3.8) is 0 Å². The number of hydrogen-bond acceptors (Lipinski definition) is 6. The maximum absolute atomic E-state index is 5.88. The summed E-state index contributed by atoms with van der Waals surface area (Å²) in [5, 5.41) is 7.44. The fraction of sp³-hybridized carbons (Fsp3) is 0.143. The Balaban J connectivity index is 1.91. The Labute approximate surface area is 121 Å². The van der Waals surface area contributed by atoms with Crippen LogP contribution >= 0.6 is 0 Å². The Hall–Kier alpha value is -2.96. The number of nitrogens with two attached hydrogens (primary N) is 1. The van der Waals surface area contributed by atoms with E-state index in [0.717, 1.165) is 17.1 Å². The van der Waals surface area contributed by atoms with Crippen molar-refractivity contribution in [3.8, 4) is 5.82 Å². The minimum atomic E-state index is 0.272. The van der Waals surface area contributed by atoms with Crippen LogP contribution in [0.15, 0.2) is 36.5 Å². The normalized spacial score (nSPS) is 10.6. The van der Waals surface area contributed by atoms with E-state index in [2.05, 4.69) is 25.4 Å². The fourth-order valence-corrected chi connectivity index (χ4v) is 1.96. The number of rotatable bonds is 3. The van der Waals surface area contributed by atoms with Crippen LogP contribution in [0, 0.1) is 13.8 Å². The standard InChI is InChI=1S/C14H15N7/c1-9-6-7-11(10(2)17-9)18-14-19-13(15)21(20-14)12-5-3-4-8-16-12/h3-8H,1-2H3,(H3,15,18,19,20). The molecule has 0 unspecified atom stereocenters. The van der Waals surface area contributed by atoms with Crippen molar-refractivity contribution >= 4 is 17.6 Å². The number of nitrogens with zero attached hydrogens (tertiary/aromatic N) is 5. The molecule has 0 saturated heterocycles. The van der Waals surface area contributed by atoms with Crippen molar-refractivity contribution in [1.29, 1.82) is 0 Å². The highest BCUT2D eigenvalue weighted by molar-refractivity contribution is 5.57. The quantitative estimate of drug-likeness (QED) is 0.762. The third-order valence-electron chi connectivity index (χ3n) is 2.97. The largest absolute Gasteiger partial charge is 0.368 e. The zero-order chi connectivity index (χ0) is 14.8. The van der Waals surface area contributed by atoms with Gasteiger partial charge in [0.15, 0.2) is 5.82 Å². The van der Waals surface area contributed by atoms with Crippen LogP contribution in [0.4, 0.5) is 17.6 Å². The van der Waals surface area contributed by atoms with Gasteiger partial charge in [-0.3, -0.25) is 4.98 Å². The summed E-state index contributed by atoms with van der Waals surface area (Å²) >= 11 is 0. The minimum Gasteiger partial charge on any atom is -0.368 e. The second kappa shape index (κ2) is 5.20. The van der Waals surface area contributed by atoms with Gasteiger partial charge in [0, 0.05) is 11.9 Å². The van der Waals surface area contributed by atoms with E-state index in [1.54, 1.807) is 6.20 Å². The van der Waals surface area contributed by atoms with Crippen LogP contribution in [0.2, 0.25) is 0 Å². The summed E-state index contributed by atoms with van der Waals surface area (Å²) in [6.45, 7) is 3.87. The van der Waals surface area contributed by atoms with Gasteiger partial charge in [-0.25, -0.2) is 4.98 Å². The third-order valence-corrected chi connectivity index (χ3v) is 2.97. The summed E-state index contributed by atoms with van der Waals surface area (Å²) in [6, 6.07) is 9.37. The van der Waals surface area contributed by atoms with Crippen LogP contribution in [0.3, 0.4) is 0 Å². The highest BCUT2D eigenvalue weighted by Crippen LogP contribution is 2.19. The SMILES string of the molecule is Cc1ccc(Nc2nc(N)n(-c3ccccn3)n2)c(C)n1. The lowest BCUT2D eigenvalue weighted by atomic mass is 10.3. The number of anilines is 3. The molecule has 3 aromatic rings. The van der Waals surface area contributed by atoms with Crippen LogP contribution in [0.1, 0.15) is 11.4 Å². The van der Waals surface area contributed by atoms with Gasteiger partial charge in [0.1, 0.15) is 0 Å². The minimum absolute atomic E-state index is 0.272. The lowest BCUT2D eigenvalue weighted by Gasteiger charge is -2.05. The molecule has 3 rings (SSSR count). The third kappa shape index (κ3) is 2.66. The van der Waals surface area contributed by atoms with Crippen LogP contribution in [0.5, 0.6) is 0 Å². The maximum Gasteiger partial charge on any atom is 0.248 e. The van der Waals surface area contributed by atoms with E-state index in [0.29, 0.717) is 11.8 Å². The monoisotopic (exact) mass is 281 g/mol. The van der Waals surface area contributed by atoms with Crippen molar-refractivity contribution in [2.24, 2.45) is 0 Å². The van der Waals surface area contributed by atoms with Crippen molar-refractivity contribution in [2.45, 2.75) is 13.8 Å². The Morgan fingerprint density at radius 3 is 2.67 bits per heavy atom. The molecule has 7 nitrogen and oxygen atoms in total. The van der Waals surface area contributed by atoms with Crippen molar-refractivity contribution in [3.05, 3.63) is 47.9 Å². The number of hydrogen-bond donors (Lipinski definition) is 2. The zero-order valence-corrected chi connectivity index (χ0v) is 11.8.